The van der Waals surface area contributed by atoms with E-state index in [9.17, 15) is 19.1 Å². The topological polar surface area (TPSA) is 124 Å². The predicted molar refractivity (Wildman–Crippen MR) is 119 cm³/mol. The summed E-state index contributed by atoms with van der Waals surface area (Å²) in [5, 5.41) is 12.9. The van der Waals surface area contributed by atoms with Crippen LogP contribution < -0.4 is 10.2 Å². The molecule has 0 saturated carbocycles. The lowest BCUT2D eigenvalue weighted by molar-refractivity contribution is 0.0702. The van der Waals surface area contributed by atoms with Crippen molar-refractivity contribution in [1.82, 2.24) is 25.3 Å². The van der Waals surface area contributed by atoms with E-state index in [1.54, 1.807) is 11.8 Å². The van der Waals surface area contributed by atoms with Gasteiger partial charge in [-0.15, -0.1) is 0 Å². The average Bonchev–Trinajstić information content (AvgIpc) is 3.33. The van der Waals surface area contributed by atoms with E-state index in [1.807, 2.05) is 0 Å². The van der Waals surface area contributed by atoms with Crippen LogP contribution in [0.15, 0.2) is 18.6 Å². The maximum absolute atomic E-state index is 14.9. The Morgan fingerprint density at radius 2 is 2.12 bits per heavy atom. The molecule has 168 valence electrons. The highest BCUT2D eigenvalue weighted by Crippen LogP contribution is 2.34. The quantitative estimate of drug-likeness (QED) is 0.490. The largest absolute Gasteiger partial charge is 0.477 e. The van der Waals surface area contributed by atoms with Crippen LogP contribution in [0.2, 0.25) is 10.0 Å². The number of aromatic carboxylic acids is 1. The van der Waals surface area contributed by atoms with Gasteiger partial charge in [-0.05, 0) is 13.3 Å². The van der Waals surface area contributed by atoms with Gasteiger partial charge in [-0.1, -0.05) is 34.5 Å². The Bertz CT molecular complexity index is 1170. The molecule has 4 rings (SSSR count). The third kappa shape index (κ3) is 4.27. The number of nitrogens with one attached hydrogen (secondary N) is 2. The number of halogens is 3. The zero-order chi connectivity index (χ0) is 23.0. The van der Waals surface area contributed by atoms with Crippen molar-refractivity contribution in [2.24, 2.45) is 0 Å². The SMILES string of the molecule is Cc1[nH]c(C(=O)N[C@@H]2CCN(c3nc(-c4cnccn4)c(C(=O)O)s3)C[C@@H]2F)c(Cl)c1Cl. The van der Waals surface area contributed by atoms with Crippen LogP contribution in [0.4, 0.5) is 9.52 Å². The molecule has 0 aliphatic carbocycles. The lowest BCUT2D eigenvalue weighted by Crippen LogP contribution is -2.52. The smallest absolute Gasteiger partial charge is 0.348 e. The molecule has 1 aliphatic heterocycles. The van der Waals surface area contributed by atoms with E-state index in [0.717, 1.165) is 11.3 Å². The molecule has 0 spiro atoms. The van der Waals surface area contributed by atoms with Crippen molar-refractivity contribution >= 4 is 51.5 Å². The van der Waals surface area contributed by atoms with Crippen molar-refractivity contribution in [2.45, 2.75) is 25.6 Å². The number of aromatic amines is 1. The van der Waals surface area contributed by atoms with Gasteiger partial charge in [0.15, 0.2) is 5.13 Å². The van der Waals surface area contributed by atoms with Crippen molar-refractivity contribution in [3.8, 4) is 11.4 Å². The van der Waals surface area contributed by atoms with Crippen LogP contribution in [0.3, 0.4) is 0 Å². The van der Waals surface area contributed by atoms with Gasteiger partial charge in [0.05, 0.1) is 28.8 Å². The van der Waals surface area contributed by atoms with E-state index in [2.05, 4.69) is 25.3 Å². The van der Waals surface area contributed by atoms with E-state index < -0.39 is 24.1 Å². The molecular formula is C19H17Cl2FN6O3S. The van der Waals surface area contributed by atoms with Crippen molar-refractivity contribution in [3.63, 3.8) is 0 Å². The molecule has 1 aliphatic rings. The van der Waals surface area contributed by atoms with Crippen molar-refractivity contribution < 1.29 is 19.1 Å². The minimum absolute atomic E-state index is 0.0000280. The number of carbonyl (C=O) groups excluding carboxylic acids is 1. The molecule has 1 saturated heterocycles. The third-order valence-electron chi connectivity index (χ3n) is 5.03. The monoisotopic (exact) mass is 498 g/mol. The highest BCUT2D eigenvalue weighted by atomic mass is 35.5. The average molecular weight is 499 g/mol. The summed E-state index contributed by atoms with van der Waals surface area (Å²) in [4.78, 5) is 41.1. The molecule has 13 heteroatoms. The second-order valence-electron chi connectivity index (χ2n) is 7.15. The molecule has 1 amide bonds. The van der Waals surface area contributed by atoms with Crippen molar-refractivity contribution in [1.29, 1.82) is 0 Å². The highest BCUT2D eigenvalue weighted by molar-refractivity contribution is 7.17. The molecule has 0 bridgehead atoms. The molecule has 32 heavy (non-hydrogen) atoms. The Labute approximate surface area is 195 Å². The summed E-state index contributed by atoms with van der Waals surface area (Å²) >= 11 is 13.0. The van der Waals surface area contributed by atoms with E-state index in [-0.39, 0.29) is 32.9 Å². The molecule has 4 heterocycles. The first-order valence-corrected chi connectivity index (χ1v) is 11.1. The Morgan fingerprint density at radius 3 is 2.72 bits per heavy atom. The van der Waals surface area contributed by atoms with E-state index in [1.165, 1.54) is 18.6 Å². The lowest BCUT2D eigenvalue weighted by atomic mass is 10.0. The number of piperidine rings is 1. The Kier molecular flexibility index (Phi) is 6.31. The normalized spacial score (nSPS) is 18.6. The second kappa shape index (κ2) is 9.00. The first-order valence-electron chi connectivity index (χ1n) is 9.50. The first-order chi connectivity index (χ1) is 15.3. The predicted octanol–water partition coefficient (Wildman–Crippen LogP) is 3.59. The molecule has 1 fully saturated rings. The number of thiazole rings is 1. The van der Waals surface area contributed by atoms with Crippen LogP contribution in [-0.4, -0.2) is 62.2 Å². The number of amides is 1. The maximum Gasteiger partial charge on any atom is 0.348 e. The number of anilines is 1. The summed E-state index contributed by atoms with van der Waals surface area (Å²) in [5.74, 6) is -1.69. The number of H-pyrrole nitrogens is 1. The van der Waals surface area contributed by atoms with Gasteiger partial charge < -0.3 is 20.3 Å². The van der Waals surface area contributed by atoms with Crippen LogP contribution in [0, 0.1) is 6.92 Å². The first kappa shape index (κ1) is 22.4. The van der Waals surface area contributed by atoms with E-state index >= 15 is 0 Å². The molecule has 0 aromatic carbocycles. The van der Waals surface area contributed by atoms with Gasteiger partial charge in [0.25, 0.3) is 5.91 Å². The van der Waals surface area contributed by atoms with Crippen LogP contribution in [0.1, 0.15) is 32.3 Å². The highest BCUT2D eigenvalue weighted by Gasteiger charge is 2.34. The number of alkyl halides is 1. The van der Waals surface area contributed by atoms with Gasteiger partial charge in [-0.2, -0.15) is 0 Å². The lowest BCUT2D eigenvalue weighted by Gasteiger charge is -2.34. The Hall–Kier alpha value is -2.76. The van der Waals surface area contributed by atoms with Crippen molar-refractivity contribution in [2.75, 3.05) is 18.0 Å². The molecule has 3 N–H and O–H groups in total. The van der Waals surface area contributed by atoms with Crippen molar-refractivity contribution in [3.05, 3.63) is 44.9 Å². The number of carbonyl (C=O) groups is 2. The second-order valence-corrected chi connectivity index (χ2v) is 8.89. The van der Waals surface area contributed by atoms with Gasteiger partial charge >= 0.3 is 5.97 Å². The molecule has 0 radical (unpaired) electrons. The fourth-order valence-electron chi connectivity index (χ4n) is 3.39. The molecule has 0 unspecified atom stereocenters. The summed E-state index contributed by atoms with van der Waals surface area (Å²) in [7, 11) is 0. The fraction of sp³-hybridized carbons (Fsp3) is 0.316. The fourth-order valence-corrected chi connectivity index (χ4v) is 4.76. The summed E-state index contributed by atoms with van der Waals surface area (Å²) in [6.45, 7) is 1.99. The Balaban J connectivity index is 1.48. The molecule has 3 aromatic rings. The molecular weight excluding hydrogens is 482 g/mol. The summed E-state index contributed by atoms with van der Waals surface area (Å²) in [5.41, 5.74) is 1.14. The zero-order valence-corrected chi connectivity index (χ0v) is 18.9. The number of aryl methyl sites for hydroxylation is 1. The van der Waals surface area contributed by atoms with Gasteiger partial charge in [0.1, 0.15) is 28.1 Å². The van der Waals surface area contributed by atoms with Crippen LogP contribution in [0.25, 0.3) is 11.4 Å². The third-order valence-corrected chi connectivity index (χ3v) is 7.08. The van der Waals surface area contributed by atoms with Gasteiger partial charge in [0, 0.05) is 24.6 Å². The van der Waals surface area contributed by atoms with Crippen LogP contribution >= 0.6 is 34.5 Å². The number of nitrogens with zero attached hydrogens (tertiary/aromatic N) is 4. The maximum atomic E-state index is 14.9. The molecule has 2 atom stereocenters. The van der Waals surface area contributed by atoms with Gasteiger partial charge in [-0.3, -0.25) is 14.8 Å². The van der Waals surface area contributed by atoms with Gasteiger partial charge in [0.2, 0.25) is 0 Å². The number of carboxylic acids is 1. The number of hydrogen-bond donors (Lipinski definition) is 3. The number of rotatable bonds is 5. The molecule has 9 nitrogen and oxygen atoms in total. The molecule has 3 aromatic heterocycles. The van der Waals surface area contributed by atoms with Crippen LogP contribution in [0.5, 0.6) is 0 Å². The summed E-state index contributed by atoms with van der Waals surface area (Å²) < 4.78 is 14.9. The summed E-state index contributed by atoms with van der Waals surface area (Å²) in [6.07, 6.45) is 3.22. The Morgan fingerprint density at radius 1 is 1.34 bits per heavy atom. The number of hydrogen-bond acceptors (Lipinski definition) is 7. The summed E-state index contributed by atoms with van der Waals surface area (Å²) in [6, 6.07) is -0.740. The van der Waals surface area contributed by atoms with E-state index in [0.29, 0.717) is 29.5 Å². The van der Waals surface area contributed by atoms with E-state index in [4.69, 9.17) is 23.2 Å². The number of carboxylic acid groups (broad SMARTS) is 1. The minimum Gasteiger partial charge on any atom is -0.477 e. The van der Waals surface area contributed by atoms with Crippen LogP contribution in [-0.2, 0) is 0 Å². The number of aromatic nitrogens is 4. The zero-order valence-electron chi connectivity index (χ0n) is 16.6. The minimum atomic E-state index is -1.41. The standard InChI is InChI=1S/C19H17Cl2FN6O3S/c1-8-12(20)13(21)15(25-8)17(29)26-10-2-5-28(7-9(10)22)19-27-14(16(32-19)18(30)31)11-6-23-3-4-24-11/h3-4,6,9-10,25H,2,5,7H2,1H3,(H,26,29)(H,30,31)/t9-,10+/m0/s1. The van der Waals surface area contributed by atoms with Gasteiger partial charge in [-0.25, -0.2) is 14.2 Å².